The van der Waals surface area contributed by atoms with Gasteiger partial charge in [-0.25, -0.2) is 0 Å². The largest absolute Gasteiger partial charge is 0.508 e. The van der Waals surface area contributed by atoms with E-state index in [0.29, 0.717) is 18.1 Å². The van der Waals surface area contributed by atoms with E-state index in [0.717, 1.165) is 26.1 Å². The maximum Gasteiger partial charge on any atom is 0.306 e. The molecule has 1 aliphatic heterocycles. The van der Waals surface area contributed by atoms with E-state index in [1.165, 1.54) is 12.7 Å². The zero-order chi connectivity index (χ0) is 15.5. The van der Waals surface area contributed by atoms with E-state index in [2.05, 4.69) is 24.8 Å². The summed E-state index contributed by atoms with van der Waals surface area (Å²) in [6, 6.07) is 7.59. The van der Waals surface area contributed by atoms with Crippen molar-refractivity contribution < 1.29 is 14.6 Å². The minimum absolute atomic E-state index is 0.0699. The first-order chi connectivity index (χ1) is 9.95. The fourth-order valence-electron chi connectivity index (χ4n) is 3.16. The monoisotopic (exact) mass is 291 g/mol. The summed E-state index contributed by atoms with van der Waals surface area (Å²) in [4.78, 5) is 13.6. The molecule has 1 aromatic rings. The second kappa shape index (κ2) is 6.48. The SMILES string of the molecule is COC(=O)CCN1CCC(C)(c2cccc(O)c2)C(C)C1. The number of hydrogen-bond acceptors (Lipinski definition) is 4. The van der Waals surface area contributed by atoms with Crippen molar-refractivity contribution in [2.75, 3.05) is 26.7 Å². The Bertz CT molecular complexity index is 503. The smallest absolute Gasteiger partial charge is 0.306 e. The van der Waals surface area contributed by atoms with Gasteiger partial charge in [-0.3, -0.25) is 4.79 Å². The molecule has 2 atom stereocenters. The molecule has 4 heteroatoms. The molecule has 1 aromatic carbocycles. The van der Waals surface area contributed by atoms with Gasteiger partial charge in [0.2, 0.25) is 0 Å². The van der Waals surface area contributed by atoms with E-state index in [4.69, 9.17) is 4.74 Å². The molecule has 21 heavy (non-hydrogen) atoms. The molecule has 1 N–H and O–H groups in total. The Hall–Kier alpha value is -1.55. The van der Waals surface area contributed by atoms with E-state index in [9.17, 15) is 9.90 Å². The highest BCUT2D eigenvalue weighted by Crippen LogP contribution is 2.40. The van der Waals surface area contributed by atoms with Crippen LogP contribution in [0.25, 0.3) is 0 Å². The molecular formula is C17H25NO3. The first-order valence-electron chi connectivity index (χ1n) is 7.54. The van der Waals surface area contributed by atoms with Crippen LogP contribution in [0.4, 0.5) is 0 Å². The number of likely N-dealkylation sites (tertiary alicyclic amines) is 1. The average Bonchev–Trinajstić information content (AvgIpc) is 2.48. The molecule has 0 aromatic heterocycles. The molecule has 0 radical (unpaired) electrons. The molecule has 2 unspecified atom stereocenters. The number of aromatic hydroxyl groups is 1. The van der Waals surface area contributed by atoms with E-state index in [-0.39, 0.29) is 11.4 Å². The summed E-state index contributed by atoms with van der Waals surface area (Å²) >= 11 is 0. The van der Waals surface area contributed by atoms with Crippen molar-refractivity contribution in [3.8, 4) is 5.75 Å². The van der Waals surface area contributed by atoms with Gasteiger partial charge < -0.3 is 14.7 Å². The summed E-state index contributed by atoms with van der Waals surface area (Å²) in [6.45, 7) is 7.20. The molecule has 1 saturated heterocycles. The van der Waals surface area contributed by atoms with Crippen molar-refractivity contribution in [1.29, 1.82) is 0 Å². The number of methoxy groups -OCH3 is 1. The number of piperidine rings is 1. The van der Waals surface area contributed by atoms with Gasteiger partial charge in [0.15, 0.2) is 0 Å². The van der Waals surface area contributed by atoms with Crippen molar-refractivity contribution in [2.45, 2.75) is 32.1 Å². The van der Waals surface area contributed by atoms with Crippen LogP contribution in [0.15, 0.2) is 24.3 Å². The fourth-order valence-corrected chi connectivity index (χ4v) is 3.16. The van der Waals surface area contributed by atoms with Gasteiger partial charge in [0.25, 0.3) is 0 Å². The van der Waals surface area contributed by atoms with Crippen molar-refractivity contribution >= 4 is 5.97 Å². The van der Waals surface area contributed by atoms with Crippen molar-refractivity contribution in [1.82, 2.24) is 4.90 Å². The zero-order valence-electron chi connectivity index (χ0n) is 13.1. The molecule has 1 aliphatic rings. The summed E-state index contributed by atoms with van der Waals surface area (Å²) in [5.41, 5.74) is 1.27. The van der Waals surface area contributed by atoms with Gasteiger partial charge >= 0.3 is 5.97 Å². The van der Waals surface area contributed by atoms with E-state index in [1.54, 1.807) is 6.07 Å². The first kappa shape index (κ1) is 15.8. The van der Waals surface area contributed by atoms with Crippen LogP contribution >= 0.6 is 0 Å². The summed E-state index contributed by atoms with van der Waals surface area (Å²) in [7, 11) is 1.43. The molecule has 0 saturated carbocycles. The Kier molecular flexibility index (Phi) is 4.88. The molecule has 0 amide bonds. The van der Waals surface area contributed by atoms with E-state index in [1.807, 2.05) is 12.1 Å². The topological polar surface area (TPSA) is 49.8 Å². The molecule has 116 valence electrons. The Balaban J connectivity index is 2.01. The highest BCUT2D eigenvalue weighted by atomic mass is 16.5. The quantitative estimate of drug-likeness (QED) is 0.866. The van der Waals surface area contributed by atoms with Gasteiger partial charge in [-0.1, -0.05) is 26.0 Å². The number of carbonyl (C=O) groups excluding carboxylic acids is 1. The third kappa shape index (κ3) is 3.56. The third-order valence-corrected chi connectivity index (χ3v) is 4.93. The number of carbonyl (C=O) groups is 1. The molecular weight excluding hydrogens is 266 g/mol. The molecule has 4 nitrogen and oxygen atoms in total. The minimum Gasteiger partial charge on any atom is -0.508 e. The second-order valence-corrected chi connectivity index (χ2v) is 6.25. The zero-order valence-corrected chi connectivity index (χ0v) is 13.1. The third-order valence-electron chi connectivity index (χ3n) is 4.93. The number of rotatable bonds is 4. The van der Waals surface area contributed by atoms with Gasteiger partial charge in [0.05, 0.1) is 13.5 Å². The summed E-state index contributed by atoms with van der Waals surface area (Å²) in [6.07, 6.45) is 1.48. The normalized spacial score (nSPS) is 26.5. The van der Waals surface area contributed by atoms with Crippen LogP contribution in [0.5, 0.6) is 5.75 Å². The van der Waals surface area contributed by atoms with Crippen LogP contribution in [0.1, 0.15) is 32.3 Å². The Morgan fingerprint density at radius 2 is 2.29 bits per heavy atom. The predicted molar refractivity (Wildman–Crippen MR) is 82.3 cm³/mol. The van der Waals surface area contributed by atoms with Crippen LogP contribution < -0.4 is 0 Å². The van der Waals surface area contributed by atoms with Gasteiger partial charge in [-0.15, -0.1) is 0 Å². The predicted octanol–water partition coefficient (Wildman–Crippen LogP) is 2.55. The lowest BCUT2D eigenvalue weighted by atomic mass is 9.68. The second-order valence-electron chi connectivity index (χ2n) is 6.25. The average molecular weight is 291 g/mol. The molecule has 0 spiro atoms. The van der Waals surface area contributed by atoms with Crippen LogP contribution in [-0.2, 0) is 14.9 Å². The van der Waals surface area contributed by atoms with Gasteiger partial charge in [0.1, 0.15) is 5.75 Å². The number of esters is 1. The maximum absolute atomic E-state index is 11.2. The van der Waals surface area contributed by atoms with Gasteiger partial charge in [-0.2, -0.15) is 0 Å². The van der Waals surface area contributed by atoms with E-state index < -0.39 is 0 Å². The highest BCUT2D eigenvalue weighted by Gasteiger charge is 2.38. The van der Waals surface area contributed by atoms with Crippen LogP contribution in [0, 0.1) is 5.92 Å². The van der Waals surface area contributed by atoms with Crippen LogP contribution in [-0.4, -0.2) is 42.7 Å². The Labute approximate surface area is 126 Å². The number of nitrogens with zero attached hydrogens (tertiary/aromatic N) is 1. The number of phenols is 1. The number of hydrogen-bond donors (Lipinski definition) is 1. The van der Waals surface area contributed by atoms with E-state index >= 15 is 0 Å². The summed E-state index contributed by atoms with van der Waals surface area (Å²) in [5.74, 6) is 0.642. The molecule has 0 bridgehead atoms. The molecule has 0 aliphatic carbocycles. The van der Waals surface area contributed by atoms with Gasteiger partial charge in [0, 0.05) is 13.1 Å². The standard InChI is InChI=1S/C17H25NO3/c1-13-12-18(9-7-16(20)21-3)10-8-17(13,2)14-5-4-6-15(19)11-14/h4-6,11,13,19H,7-10,12H2,1-3H3. The van der Waals surface area contributed by atoms with Crippen LogP contribution in [0.3, 0.4) is 0 Å². The minimum atomic E-state index is -0.149. The number of benzene rings is 1. The Morgan fingerprint density at radius 3 is 2.90 bits per heavy atom. The number of phenolic OH excluding ortho intramolecular Hbond substituents is 1. The van der Waals surface area contributed by atoms with Crippen molar-refractivity contribution in [2.24, 2.45) is 5.92 Å². The first-order valence-corrected chi connectivity index (χ1v) is 7.54. The van der Waals surface area contributed by atoms with Crippen molar-refractivity contribution in [3.05, 3.63) is 29.8 Å². The van der Waals surface area contributed by atoms with Crippen molar-refractivity contribution in [3.63, 3.8) is 0 Å². The molecule has 2 rings (SSSR count). The lowest BCUT2D eigenvalue weighted by Crippen LogP contribution is -2.47. The number of ether oxygens (including phenoxy) is 1. The molecule has 1 heterocycles. The summed E-state index contributed by atoms with van der Waals surface area (Å²) in [5, 5.41) is 9.71. The lowest BCUT2D eigenvalue weighted by Gasteiger charge is -2.45. The molecule has 1 fully saturated rings. The van der Waals surface area contributed by atoms with Gasteiger partial charge in [-0.05, 0) is 42.0 Å². The summed E-state index contributed by atoms with van der Waals surface area (Å²) < 4.78 is 4.70. The van der Waals surface area contributed by atoms with Crippen LogP contribution in [0.2, 0.25) is 0 Å². The highest BCUT2D eigenvalue weighted by molar-refractivity contribution is 5.69. The fraction of sp³-hybridized carbons (Fsp3) is 0.588. The lowest BCUT2D eigenvalue weighted by molar-refractivity contribution is -0.141. The Morgan fingerprint density at radius 1 is 1.52 bits per heavy atom. The maximum atomic E-state index is 11.2.